The summed E-state index contributed by atoms with van der Waals surface area (Å²) in [6, 6.07) is 7.34. The zero-order valence-corrected chi connectivity index (χ0v) is 12.7. The molecule has 2 heterocycles. The normalized spacial score (nSPS) is 24.6. The number of carbonyl (C=O) groups is 1. The lowest BCUT2D eigenvalue weighted by molar-refractivity contribution is 0.0829. The van der Waals surface area contributed by atoms with Crippen molar-refractivity contribution in [2.75, 3.05) is 19.8 Å². The van der Waals surface area contributed by atoms with Gasteiger partial charge in [0.15, 0.2) is 17.6 Å². The Morgan fingerprint density at radius 2 is 2.18 bits per heavy atom. The van der Waals surface area contributed by atoms with E-state index in [2.05, 4.69) is 10.6 Å². The molecule has 2 aliphatic rings. The van der Waals surface area contributed by atoms with Gasteiger partial charge in [0, 0.05) is 6.61 Å². The summed E-state index contributed by atoms with van der Waals surface area (Å²) in [5, 5.41) is 5.74. The lowest BCUT2D eigenvalue weighted by atomic mass is 10.1. The van der Waals surface area contributed by atoms with Crippen molar-refractivity contribution in [2.24, 2.45) is 0 Å². The van der Waals surface area contributed by atoms with Gasteiger partial charge in [-0.25, -0.2) is 4.79 Å². The molecule has 2 N–H and O–H groups in total. The third-order valence-electron chi connectivity index (χ3n) is 3.94. The molecule has 0 bridgehead atoms. The first-order chi connectivity index (χ1) is 10.7. The van der Waals surface area contributed by atoms with Crippen LogP contribution in [0.5, 0.6) is 11.5 Å². The monoisotopic (exact) mass is 306 g/mol. The summed E-state index contributed by atoms with van der Waals surface area (Å²) >= 11 is 0. The van der Waals surface area contributed by atoms with Crippen LogP contribution in [-0.4, -0.2) is 44.0 Å². The Kier molecular flexibility index (Phi) is 4.68. The van der Waals surface area contributed by atoms with Crippen molar-refractivity contribution >= 4 is 6.03 Å². The average molecular weight is 306 g/mol. The molecule has 1 aromatic carbocycles. The summed E-state index contributed by atoms with van der Waals surface area (Å²) in [5.74, 6) is 1.46. The molecule has 2 amide bonds. The summed E-state index contributed by atoms with van der Waals surface area (Å²) < 4.78 is 17.0. The van der Waals surface area contributed by atoms with E-state index in [1.54, 1.807) is 0 Å². The zero-order valence-electron chi connectivity index (χ0n) is 12.7. The number of hydrogen-bond acceptors (Lipinski definition) is 4. The van der Waals surface area contributed by atoms with Gasteiger partial charge >= 0.3 is 6.03 Å². The van der Waals surface area contributed by atoms with Gasteiger partial charge in [-0.05, 0) is 31.9 Å². The van der Waals surface area contributed by atoms with E-state index in [-0.39, 0.29) is 24.3 Å². The number of benzene rings is 1. The predicted octanol–water partition coefficient (Wildman–Crippen LogP) is 1.69. The molecule has 1 saturated heterocycles. The van der Waals surface area contributed by atoms with E-state index in [9.17, 15) is 4.79 Å². The molecule has 120 valence electrons. The highest BCUT2D eigenvalue weighted by molar-refractivity contribution is 5.74. The van der Waals surface area contributed by atoms with E-state index in [1.165, 1.54) is 0 Å². The molecule has 0 aliphatic carbocycles. The summed E-state index contributed by atoms with van der Waals surface area (Å²) in [4.78, 5) is 11.9. The van der Waals surface area contributed by atoms with Crippen LogP contribution in [-0.2, 0) is 4.74 Å². The molecule has 3 rings (SSSR count). The van der Waals surface area contributed by atoms with Gasteiger partial charge in [-0.3, -0.25) is 0 Å². The number of nitrogens with one attached hydrogen (secondary N) is 2. The number of amides is 2. The maximum atomic E-state index is 11.9. The van der Waals surface area contributed by atoms with Crippen LogP contribution < -0.4 is 20.1 Å². The van der Waals surface area contributed by atoms with Crippen LogP contribution in [0.15, 0.2) is 24.3 Å². The van der Waals surface area contributed by atoms with Crippen LogP contribution in [0.3, 0.4) is 0 Å². The fourth-order valence-electron chi connectivity index (χ4n) is 2.72. The number of hydrogen-bond donors (Lipinski definition) is 2. The second-order valence-corrected chi connectivity index (χ2v) is 5.69. The Morgan fingerprint density at radius 1 is 1.36 bits per heavy atom. The summed E-state index contributed by atoms with van der Waals surface area (Å²) in [6.45, 7) is 3.58. The standard InChI is InChI=1S/C16H22N2O4/c1-11(13-7-4-8-20-13)18-16(19)17-9-12-10-21-14-5-2-3-6-15(14)22-12/h2-3,5-6,11-13H,4,7-10H2,1H3,(H2,17,18,19)/t11-,12+,13-/m0/s1. The highest BCUT2D eigenvalue weighted by Gasteiger charge is 2.25. The van der Waals surface area contributed by atoms with Crippen molar-refractivity contribution < 1.29 is 19.0 Å². The van der Waals surface area contributed by atoms with E-state index >= 15 is 0 Å². The van der Waals surface area contributed by atoms with Crippen LogP contribution in [0.1, 0.15) is 19.8 Å². The van der Waals surface area contributed by atoms with Crippen LogP contribution in [0.2, 0.25) is 0 Å². The zero-order chi connectivity index (χ0) is 15.4. The third kappa shape index (κ3) is 3.62. The average Bonchev–Trinajstić information content (AvgIpc) is 3.07. The molecular formula is C16H22N2O4. The number of para-hydroxylation sites is 2. The van der Waals surface area contributed by atoms with Crippen molar-refractivity contribution in [1.82, 2.24) is 10.6 Å². The minimum Gasteiger partial charge on any atom is -0.486 e. The van der Waals surface area contributed by atoms with E-state index in [1.807, 2.05) is 31.2 Å². The van der Waals surface area contributed by atoms with Crippen LogP contribution in [0, 0.1) is 0 Å². The van der Waals surface area contributed by atoms with Crippen LogP contribution in [0.25, 0.3) is 0 Å². The van der Waals surface area contributed by atoms with Gasteiger partial charge in [-0.2, -0.15) is 0 Å². The Balaban J connectivity index is 1.42. The van der Waals surface area contributed by atoms with Gasteiger partial charge in [0.2, 0.25) is 0 Å². The van der Waals surface area contributed by atoms with Gasteiger partial charge in [0.25, 0.3) is 0 Å². The van der Waals surface area contributed by atoms with E-state index in [0.29, 0.717) is 18.9 Å². The van der Waals surface area contributed by atoms with E-state index < -0.39 is 0 Å². The lowest BCUT2D eigenvalue weighted by Crippen LogP contribution is -2.49. The first-order valence-corrected chi connectivity index (χ1v) is 7.77. The fourth-order valence-corrected chi connectivity index (χ4v) is 2.72. The molecule has 0 unspecified atom stereocenters. The SMILES string of the molecule is C[C@H](NC(=O)NC[C@@H]1COc2ccccc2O1)[C@@H]1CCCO1. The van der Waals surface area contributed by atoms with Gasteiger partial charge in [-0.1, -0.05) is 12.1 Å². The first-order valence-electron chi connectivity index (χ1n) is 7.77. The van der Waals surface area contributed by atoms with Gasteiger partial charge in [0.05, 0.1) is 18.7 Å². The van der Waals surface area contributed by atoms with Crippen molar-refractivity contribution in [1.29, 1.82) is 0 Å². The minimum atomic E-state index is -0.203. The number of rotatable bonds is 4. The topological polar surface area (TPSA) is 68.8 Å². The Labute approximate surface area is 130 Å². The minimum absolute atomic E-state index is 0.00625. The van der Waals surface area contributed by atoms with Crippen LogP contribution in [0.4, 0.5) is 4.79 Å². The Hall–Kier alpha value is -1.95. The maximum Gasteiger partial charge on any atom is 0.315 e. The number of urea groups is 1. The highest BCUT2D eigenvalue weighted by Crippen LogP contribution is 2.30. The number of carbonyl (C=O) groups excluding carboxylic acids is 1. The molecule has 0 saturated carbocycles. The number of ether oxygens (including phenoxy) is 3. The van der Waals surface area contributed by atoms with Crippen molar-refractivity contribution in [3.05, 3.63) is 24.3 Å². The van der Waals surface area contributed by atoms with Gasteiger partial charge in [0.1, 0.15) is 6.61 Å². The highest BCUT2D eigenvalue weighted by atomic mass is 16.6. The molecule has 22 heavy (non-hydrogen) atoms. The van der Waals surface area contributed by atoms with Crippen LogP contribution >= 0.6 is 0 Å². The Bertz CT molecular complexity index is 517. The molecule has 6 nitrogen and oxygen atoms in total. The fraction of sp³-hybridized carbons (Fsp3) is 0.562. The Morgan fingerprint density at radius 3 is 2.95 bits per heavy atom. The molecule has 2 aliphatic heterocycles. The molecule has 0 aromatic heterocycles. The predicted molar refractivity (Wildman–Crippen MR) is 81.3 cm³/mol. The van der Waals surface area contributed by atoms with Crippen molar-refractivity contribution in [3.63, 3.8) is 0 Å². The molecular weight excluding hydrogens is 284 g/mol. The quantitative estimate of drug-likeness (QED) is 0.888. The summed E-state index contributed by atoms with van der Waals surface area (Å²) in [5.41, 5.74) is 0. The summed E-state index contributed by atoms with van der Waals surface area (Å²) in [7, 11) is 0. The second-order valence-electron chi connectivity index (χ2n) is 5.69. The summed E-state index contributed by atoms with van der Waals surface area (Å²) in [6.07, 6.45) is 1.99. The molecule has 0 radical (unpaired) electrons. The first kappa shape index (κ1) is 15.0. The molecule has 3 atom stereocenters. The molecule has 1 fully saturated rings. The van der Waals surface area contributed by atoms with E-state index in [4.69, 9.17) is 14.2 Å². The lowest BCUT2D eigenvalue weighted by Gasteiger charge is -2.27. The molecule has 0 spiro atoms. The van der Waals surface area contributed by atoms with Gasteiger partial charge < -0.3 is 24.8 Å². The van der Waals surface area contributed by atoms with Gasteiger partial charge in [-0.15, -0.1) is 0 Å². The van der Waals surface area contributed by atoms with Crippen molar-refractivity contribution in [3.8, 4) is 11.5 Å². The molecule has 1 aromatic rings. The number of fused-ring (bicyclic) bond motifs is 1. The van der Waals surface area contributed by atoms with E-state index in [0.717, 1.165) is 25.2 Å². The largest absolute Gasteiger partial charge is 0.486 e. The van der Waals surface area contributed by atoms with Crippen molar-refractivity contribution in [2.45, 2.75) is 38.0 Å². The third-order valence-corrected chi connectivity index (χ3v) is 3.94. The molecule has 6 heteroatoms. The second kappa shape index (κ2) is 6.87. The maximum absolute atomic E-state index is 11.9. The smallest absolute Gasteiger partial charge is 0.315 e.